The van der Waals surface area contributed by atoms with E-state index in [4.69, 9.17) is 27.9 Å². The second kappa shape index (κ2) is 7.66. The fraction of sp³-hybridized carbons (Fsp3) is 0.467. The summed E-state index contributed by atoms with van der Waals surface area (Å²) < 4.78 is 9.46. The molecule has 1 saturated heterocycles. The van der Waals surface area contributed by atoms with E-state index < -0.39 is 0 Å². The molecule has 1 aromatic heterocycles. The molecule has 0 radical (unpaired) electrons. The van der Waals surface area contributed by atoms with Crippen LogP contribution in [0, 0.1) is 0 Å². The van der Waals surface area contributed by atoms with Gasteiger partial charge in [-0.05, 0) is 18.2 Å². The topological polar surface area (TPSA) is 41.5 Å². The second-order valence-electron chi connectivity index (χ2n) is 5.31. The highest BCUT2D eigenvalue weighted by atomic mass is 35.5. The fourth-order valence-electron chi connectivity index (χ4n) is 2.51. The minimum absolute atomic E-state index is 0.589. The van der Waals surface area contributed by atoms with Crippen molar-refractivity contribution in [3.8, 4) is 0 Å². The summed E-state index contributed by atoms with van der Waals surface area (Å²) in [5.41, 5.74) is 1.11. The van der Waals surface area contributed by atoms with E-state index in [1.807, 2.05) is 18.2 Å². The largest absolute Gasteiger partial charge is 0.384 e. The highest BCUT2D eigenvalue weighted by Gasteiger charge is 2.20. The molecule has 0 spiro atoms. The maximum absolute atomic E-state index is 6.11. The summed E-state index contributed by atoms with van der Waals surface area (Å²) in [6.45, 7) is 4.33. The minimum Gasteiger partial charge on any atom is -0.384 e. The van der Waals surface area contributed by atoms with Gasteiger partial charge in [0.05, 0.1) is 16.7 Å². The molecule has 0 aliphatic carbocycles. The standard InChI is InChI=1S/C15H18Cl2N4OS/c1-22-9-4-14-18-15(23-19-14)21-7-5-20(6-8-21)11-2-3-12(16)13(17)10-11/h2-3,10H,4-9H2,1H3. The summed E-state index contributed by atoms with van der Waals surface area (Å²) in [6.07, 6.45) is 0.760. The minimum atomic E-state index is 0.589. The normalized spacial score (nSPS) is 15.3. The zero-order valence-corrected chi connectivity index (χ0v) is 15.2. The number of nitrogens with zero attached hydrogens (tertiary/aromatic N) is 4. The summed E-state index contributed by atoms with van der Waals surface area (Å²) >= 11 is 13.5. The van der Waals surface area contributed by atoms with Crippen LogP contribution < -0.4 is 9.80 Å². The van der Waals surface area contributed by atoms with E-state index in [1.54, 1.807) is 7.11 Å². The van der Waals surface area contributed by atoms with Crippen molar-refractivity contribution in [2.75, 3.05) is 49.7 Å². The first-order valence-electron chi connectivity index (χ1n) is 7.44. The van der Waals surface area contributed by atoms with Crippen LogP contribution in [0.4, 0.5) is 10.8 Å². The fourth-order valence-corrected chi connectivity index (χ4v) is 3.56. The van der Waals surface area contributed by atoms with Gasteiger partial charge in [0.25, 0.3) is 0 Å². The van der Waals surface area contributed by atoms with E-state index in [-0.39, 0.29) is 0 Å². The summed E-state index contributed by atoms with van der Waals surface area (Å²) in [5, 5.41) is 2.18. The Kier molecular flexibility index (Phi) is 5.58. The zero-order valence-electron chi connectivity index (χ0n) is 12.8. The molecule has 0 atom stereocenters. The average Bonchev–Trinajstić information content (AvgIpc) is 3.04. The van der Waals surface area contributed by atoms with E-state index in [1.165, 1.54) is 11.5 Å². The molecule has 23 heavy (non-hydrogen) atoms. The molecule has 0 N–H and O–H groups in total. The molecular formula is C15H18Cl2N4OS. The highest BCUT2D eigenvalue weighted by Crippen LogP contribution is 2.28. The zero-order chi connectivity index (χ0) is 16.2. The lowest BCUT2D eigenvalue weighted by molar-refractivity contribution is 0.201. The first-order chi connectivity index (χ1) is 11.2. The quantitative estimate of drug-likeness (QED) is 0.804. The van der Waals surface area contributed by atoms with Crippen LogP contribution in [0.1, 0.15) is 5.82 Å². The van der Waals surface area contributed by atoms with Crippen LogP contribution in [0.5, 0.6) is 0 Å². The van der Waals surface area contributed by atoms with Crippen molar-refractivity contribution in [2.45, 2.75) is 6.42 Å². The third-order valence-corrected chi connectivity index (χ3v) is 5.36. The molecule has 0 bridgehead atoms. The maximum atomic E-state index is 6.11. The average molecular weight is 373 g/mol. The number of halogens is 2. The molecule has 8 heteroatoms. The summed E-state index contributed by atoms with van der Waals surface area (Å²) in [6, 6.07) is 5.78. The van der Waals surface area contributed by atoms with E-state index in [9.17, 15) is 0 Å². The number of anilines is 2. The van der Waals surface area contributed by atoms with Crippen molar-refractivity contribution in [3.05, 3.63) is 34.1 Å². The van der Waals surface area contributed by atoms with E-state index >= 15 is 0 Å². The Balaban J connectivity index is 1.59. The van der Waals surface area contributed by atoms with Gasteiger partial charge in [-0.2, -0.15) is 4.37 Å². The number of hydrogen-bond acceptors (Lipinski definition) is 6. The number of rotatable bonds is 5. The summed E-state index contributed by atoms with van der Waals surface area (Å²) in [4.78, 5) is 9.18. The molecule has 0 saturated carbocycles. The summed E-state index contributed by atoms with van der Waals surface area (Å²) in [5.74, 6) is 0.860. The molecule has 124 valence electrons. The van der Waals surface area contributed by atoms with Gasteiger partial charge in [0.15, 0.2) is 0 Å². The number of piperazine rings is 1. The number of aromatic nitrogens is 2. The Hall–Kier alpha value is -1.08. The number of benzene rings is 1. The third kappa shape index (κ3) is 4.07. The van der Waals surface area contributed by atoms with Gasteiger partial charge in [-0.1, -0.05) is 23.2 Å². The monoisotopic (exact) mass is 372 g/mol. The predicted molar refractivity (Wildman–Crippen MR) is 96.4 cm³/mol. The van der Waals surface area contributed by atoms with Crippen molar-refractivity contribution in [1.82, 2.24) is 9.36 Å². The maximum Gasteiger partial charge on any atom is 0.205 e. The lowest BCUT2D eigenvalue weighted by Gasteiger charge is -2.35. The van der Waals surface area contributed by atoms with Crippen molar-refractivity contribution in [1.29, 1.82) is 0 Å². The molecule has 1 aromatic carbocycles. The molecular weight excluding hydrogens is 355 g/mol. The Morgan fingerprint density at radius 1 is 1.13 bits per heavy atom. The van der Waals surface area contributed by atoms with Gasteiger partial charge >= 0.3 is 0 Å². The van der Waals surface area contributed by atoms with Gasteiger partial charge in [0.1, 0.15) is 5.82 Å². The van der Waals surface area contributed by atoms with Crippen LogP contribution >= 0.6 is 34.7 Å². The van der Waals surface area contributed by atoms with Crippen molar-refractivity contribution >= 4 is 45.6 Å². The Morgan fingerprint density at radius 2 is 1.87 bits per heavy atom. The van der Waals surface area contributed by atoms with Gasteiger partial charge < -0.3 is 14.5 Å². The van der Waals surface area contributed by atoms with Gasteiger partial charge in [-0.25, -0.2) is 4.98 Å². The van der Waals surface area contributed by atoms with Gasteiger partial charge in [0, 0.05) is 56.9 Å². The van der Waals surface area contributed by atoms with Crippen LogP contribution in [0.2, 0.25) is 10.0 Å². The first kappa shape index (κ1) is 16.8. The second-order valence-corrected chi connectivity index (χ2v) is 6.85. The van der Waals surface area contributed by atoms with Crippen LogP contribution in [0.3, 0.4) is 0 Å². The van der Waals surface area contributed by atoms with Crippen LogP contribution in [0.25, 0.3) is 0 Å². The first-order valence-corrected chi connectivity index (χ1v) is 8.97. The van der Waals surface area contributed by atoms with Gasteiger partial charge in [-0.3, -0.25) is 0 Å². The van der Waals surface area contributed by atoms with Crippen LogP contribution in [-0.4, -0.2) is 49.3 Å². The lowest BCUT2D eigenvalue weighted by Crippen LogP contribution is -2.46. The molecule has 2 heterocycles. The van der Waals surface area contributed by atoms with Crippen LogP contribution in [-0.2, 0) is 11.2 Å². The number of methoxy groups -OCH3 is 1. The Morgan fingerprint density at radius 3 is 2.57 bits per heavy atom. The smallest absolute Gasteiger partial charge is 0.205 e. The Labute approximate surface area is 149 Å². The van der Waals surface area contributed by atoms with Crippen molar-refractivity contribution < 1.29 is 4.74 Å². The predicted octanol–water partition coefficient (Wildman–Crippen LogP) is 3.36. The molecule has 1 fully saturated rings. The van der Waals surface area contributed by atoms with E-state index in [0.717, 1.165) is 49.2 Å². The molecule has 1 aliphatic rings. The molecule has 0 amide bonds. The molecule has 0 unspecified atom stereocenters. The summed E-state index contributed by atoms with van der Waals surface area (Å²) in [7, 11) is 1.69. The van der Waals surface area contributed by atoms with E-state index in [0.29, 0.717) is 16.7 Å². The number of ether oxygens (including phenoxy) is 1. The van der Waals surface area contributed by atoms with Crippen molar-refractivity contribution in [3.63, 3.8) is 0 Å². The Bertz CT molecular complexity index is 659. The van der Waals surface area contributed by atoms with Gasteiger partial charge in [-0.15, -0.1) is 0 Å². The number of hydrogen-bond donors (Lipinski definition) is 0. The lowest BCUT2D eigenvalue weighted by atomic mass is 10.2. The van der Waals surface area contributed by atoms with Crippen molar-refractivity contribution in [2.24, 2.45) is 0 Å². The van der Waals surface area contributed by atoms with E-state index in [2.05, 4.69) is 19.2 Å². The SMILES string of the molecule is COCCc1nsc(N2CCN(c3ccc(Cl)c(Cl)c3)CC2)n1. The van der Waals surface area contributed by atoms with Crippen LogP contribution in [0.15, 0.2) is 18.2 Å². The third-order valence-electron chi connectivity index (χ3n) is 3.81. The molecule has 2 aromatic rings. The molecule has 5 nitrogen and oxygen atoms in total. The van der Waals surface area contributed by atoms with Gasteiger partial charge in [0.2, 0.25) is 5.13 Å². The molecule has 1 aliphatic heterocycles. The molecule has 3 rings (SSSR count). The highest BCUT2D eigenvalue weighted by molar-refractivity contribution is 7.09.